The molecule has 1 aromatic rings. The molecule has 20 heavy (non-hydrogen) atoms. The van der Waals surface area contributed by atoms with Gasteiger partial charge in [-0.15, -0.1) is 0 Å². The van der Waals surface area contributed by atoms with Crippen molar-refractivity contribution in [2.75, 3.05) is 13.7 Å². The van der Waals surface area contributed by atoms with Crippen LogP contribution in [-0.4, -0.2) is 36.2 Å². The van der Waals surface area contributed by atoms with Crippen LogP contribution in [-0.2, 0) is 9.53 Å². The molecule has 1 unspecified atom stereocenters. The number of nitrogens with one attached hydrogen (secondary N) is 1. The normalized spacial score (nSPS) is 13.6. The zero-order valence-electron chi connectivity index (χ0n) is 11.1. The lowest BCUT2D eigenvalue weighted by Gasteiger charge is -2.28. The molecule has 5 nitrogen and oxygen atoms in total. The lowest BCUT2D eigenvalue weighted by Crippen LogP contribution is -2.50. The highest BCUT2D eigenvalue weighted by molar-refractivity contribution is 6.43. The maximum absolute atomic E-state index is 12.2. The molecule has 7 heteroatoms. The molecule has 0 aliphatic carbocycles. The van der Waals surface area contributed by atoms with Gasteiger partial charge in [-0.1, -0.05) is 29.3 Å². The van der Waals surface area contributed by atoms with E-state index < -0.39 is 17.4 Å². The number of rotatable bonds is 6. The van der Waals surface area contributed by atoms with Gasteiger partial charge in [0.05, 0.1) is 34.2 Å². The summed E-state index contributed by atoms with van der Waals surface area (Å²) < 4.78 is 4.96. The maximum Gasteiger partial charge on any atom is 0.305 e. The Kier molecular flexibility index (Phi) is 5.80. The Morgan fingerprint density at radius 3 is 2.60 bits per heavy atom. The van der Waals surface area contributed by atoms with E-state index in [4.69, 9.17) is 33.0 Å². The summed E-state index contributed by atoms with van der Waals surface area (Å²) in [4.78, 5) is 23.1. The zero-order valence-corrected chi connectivity index (χ0v) is 12.6. The maximum atomic E-state index is 12.2. The van der Waals surface area contributed by atoms with Gasteiger partial charge in [-0.3, -0.25) is 9.59 Å². The van der Waals surface area contributed by atoms with Crippen molar-refractivity contribution in [1.29, 1.82) is 0 Å². The van der Waals surface area contributed by atoms with Gasteiger partial charge < -0.3 is 15.2 Å². The van der Waals surface area contributed by atoms with E-state index in [2.05, 4.69) is 5.32 Å². The van der Waals surface area contributed by atoms with E-state index in [-0.39, 0.29) is 28.6 Å². The van der Waals surface area contributed by atoms with Crippen molar-refractivity contribution in [2.45, 2.75) is 18.9 Å². The number of carboxylic acid groups (broad SMARTS) is 1. The molecule has 0 saturated carbocycles. The van der Waals surface area contributed by atoms with Crippen molar-refractivity contribution >= 4 is 35.1 Å². The number of carbonyl (C=O) groups is 2. The number of amides is 1. The summed E-state index contributed by atoms with van der Waals surface area (Å²) in [5.41, 5.74) is -0.851. The first-order chi connectivity index (χ1) is 9.29. The standard InChI is InChI=1S/C13H15Cl2NO4/c1-13(7-20-2,6-10(17)18)16-12(19)8-4-3-5-9(14)11(8)15/h3-5H,6-7H2,1-2H3,(H,16,19)(H,17,18). The summed E-state index contributed by atoms with van der Waals surface area (Å²) in [6.45, 7) is 1.64. The van der Waals surface area contributed by atoms with Gasteiger partial charge in [-0.25, -0.2) is 0 Å². The monoisotopic (exact) mass is 319 g/mol. The van der Waals surface area contributed by atoms with Gasteiger partial charge in [0, 0.05) is 7.11 Å². The smallest absolute Gasteiger partial charge is 0.305 e. The fourth-order valence-electron chi connectivity index (χ4n) is 1.80. The molecule has 0 aliphatic rings. The number of carbonyl (C=O) groups excluding carboxylic acids is 1. The Balaban J connectivity index is 2.96. The molecule has 0 saturated heterocycles. The second-order valence-electron chi connectivity index (χ2n) is 4.62. The van der Waals surface area contributed by atoms with E-state index in [9.17, 15) is 9.59 Å². The van der Waals surface area contributed by atoms with Crippen LogP contribution in [0.4, 0.5) is 0 Å². The summed E-state index contributed by atoms with van der Waals surface area (Å²) in [5, 5.41) is 11.9. The molecule has 0 radical (unpaired) electrons. The van der Waals surface area contributed by atoms with Gasteiger partial charge in [0.2, 0.25) is 0 Å². The third kappa shape index (κ3) is 4.37. The highest BCUT2D eigenvalue weighted by Gasteiger charge is 2.30. The second kappa shape index (κ2) is 6.92. The minimum Gasteiger partial charge on any atom is -0.481 e. The number of hydrogen-bond donors (Lipinski definition) is 2. The van der Waals surface area contributed by atoms with Crippen molar-refractivity contribution in [2.24, 2.45) is 0 Å². The van der Waals surface area contributed by atoms with Gasteiger partial charge in [0.1, 0.15) is 0 Å². The number of carboxylic acids is 1. The van der Waals surface area contributed by atoms with Crippen LogP contribution in [0.25, 0.3) is 0 Å². The first kappa shape index (κ1) is 16.8. The number of hydrogen-bond acceptors (Lipinski definition) is 3. The van der Waals surface area contributed by atoms with Gasteiger partial charge in [-0.05, 0) is 19.1 Å². The van der Waals surface area contributed by atoms with Crippen LogP contribution in [0, 0.1) is 0 Å². The fraction of sp³-hybridized carbons (Fsp3) is 0.385. The first-order valence-electron chi connectivity index (χ1n) is 5.76. The van der Waals surface area contributed by atoms with Crippen molar-refractivity contribution < 1.29 is 19.4 Å². The topological polar surface area (TPSA) is 75.6 Å². The molecule has 1 amide bonds. The summed E-state index contributed by atoms with van der Waals surface area (Å²) in [6, 6.07) is 4.66. The van der Waals surface area contributed by atoms with E-state index in [0.29, 0.717) is 0 Å². The molecule has 0 heterocycles. The van der Waals surface area contributed by atoms with Gasteiger partial charge in [0.25, 0.3) is 5.91 Å². The molecule has 0 fully saturated rings. The van der Waals surface area contributed by atoms with Crippen LogP contribution in [0.2, 0.25) is 10.0 Å². The summed E-state index contributed by atoms with van der Waals surface area (Å²) in [5.74, 6) is -1.54. The zero-order chi connectivity index (χ0) is 15.3. The molecule has 1 atom stereocenters. The van der Waals surface area contributed by atoms with Gasteiger partial charge in [-0.2, -0.15) is 0 Å². The third-order valence-electron chi connectivity index (χ3n) is 2.62. The molecule has 0 aliphatic heterocycles. The summed E-state index contributed by atoms with van der Waals surface area (Å²) >= 11 is 11.8. The van der Waals surface area contributed by atoms with Crippen molar-refractivity contribution in [3.8, 4) is 0 Å². The summed E-state index contributed by atoms with van der Waals surface area (Å²) in [7, 11) is 1.43. The van der Waals surface area contributed by atoms with E-state index >= 15 is 0 Å². The molecule has 0 bridgehead atoms. The Hall–Kier alpha value is -1.30. The van der Waals surface area contributed by atoms with E-state index in [0.717, 1.165) is 0 Å². The minimum atomic E-state index is -1.04. The van der Waals surface area contributed by atoms with Crippen molar-refractivity contribution in [3.05, 3.63) is 33.8 Å². The number of methoxy groups -OCH3 is 1. The molecule has 110 valence electrons. The fourth-order valence-corrected chi connectivity index (χ4v) is 2.19. The van der Waals surface area contributed by atoms with Crippen LogP contribution >= 0.6 is 23.2 Å². The van der Waals surface area contributed by atoms with Crippen LogP contribution in [0.3, 0.4) is 0 Å². The first-order valence-corrected chi connectivity index (χ1v) is 6.52. The molecule has 0 spiro atoms. The molecular weight excluding hydrogens is 305 g/mol. The average molecular weight is 320 g/mol. The molecular formula is C13H15Cl2NO4. The molecule has 1 rings (SSSR count). The molecule has 2 N–H and O–H groups in total. The van der Waals surface area contributed by atoms with Crippen LogP contribution in [0.5, 0.6) is 0 Å². The van der Waals surface area contributed by atoms with Crippen molar-refractivity contribution in [3.63, 3.8) is 0 Å². The van der Waals surface area contributed by atoms with Crippen LogP contribution < -0.4 is 5.32 Å². The second-order valence-corrected chi connectivity index (χ2v) is 5.40. The Labute approximate surface area is 126 Å². The molecule has 0 aromatic heterocycles. The predicted molar refractivity (Wildman–Crippen MR) is 76.5 cm³/mol. The highest BCUT2D eigenvalue weighted by Crippen LogP contribution is 2.26. The number of ether oxygens (including phenoxy) is 1. The van der Waals surface area contributed by atoms with E-state index in [1.807, 2.05) is 0 Å². The third-order valence-corrected chi connectivity index (χ3v) is 3.43. The quantitative estimate of drug-likeness (QED) is 0.845. The van der Waals surface area contributed by atoms with E-state index in [1.165, 1.54) is 13.2 Å². The lowest BCUT2D eigenvalue weighted by molar-refractivity contribution is -0.139. The molecule has 1 aromatic carbocycles. The number of benzene rings is 1. The largest absolute Gasteiger partial charge is 0.481 e. The Morgan fingerprint density at radius 2 is 2.05 bits per heavy atom. The Morgan fingerprint density at radius 1 is 1.40 bits per heavy atom. The minimum absolute atomic E-state index is 0.0588. The number of aliphatic carboxylic acids is 1. The predicted octanol–water partition coefficient (Wildman–Crippen LogP) is 2.60. The average Bonchev–Trinajstić information content (AvgIpc) is 2.31. The SMILES string of the molecule is COCC(C)(CC(=O)O)NC(=O)c1cccc(Cl)c1Cl. The highest BCUT2D eigenvalue weighted by atomic mass is 35.5. The summed E-state index contributed by atoms with van der Waals surface area (Å²) in [6.07, 6.45) is -0.273. The Bertz CT molecular complexity index is 521. The van der Waals surface area contributed by atoms with Crippen LogP contribution in [0.1, 0.15) is 23.7 Å². The van der Waals surface area contributed by atoms with Gasteiger partial charge >= 0.3 is 5.97 Å². The number of halogens is 2. The lowest BCUT2D eigenvalue weighted by atomic mass is 9.98. The van der Waals surface area contributed by atoms with Gasteiger partial charge in [0.15, 0.2) is 0 Å². The van der Waals surface area contributed by atoms with Crippen molar-refractivity contribution in [1.82, 2.24) is 5.32 Å². The van der Waals surface area contributed by atoms with E-state index in [1.54, 1.807) is 19.1 Å². The van der Waals surface area contributed by atoms with Crippen LogP contribution in [0.15, 0.2) is 18.2 Å².